The predicted molar refractivity (Wildman–Crippen MR) is 64.7 cm³/mol. The summed E-state index contributed by atoms with van der Waals surface area (Å²) in [6.07, 6.45) is 3.48. The van der Waals surface area contributed by atoms with Crippen molar-refractivity contribution < 1.29 is 9.84 Å². The normalized spacial score (nSPS) is 23.9. The molecule has 1 aliphatic carbocycles. The molecule has 1 aromatic rings. The quantitative estimate of drug-likeness (QED) is 0.884. The third-order valence-corrected chi connectivity index (χ3v) is 4.88. The van der Waals surface area contributed by atoms with Crippen LogP contribution in [0.15, 0.2) is 0 Å². The first-order chi connectivity index (χ1) is 7.60. The van der Waals surface area contributed by atoms with Gasteiger partial charge in [-0.2, -0.15) is 0 Å². The molecule has 0 saturated carbocycles. The molecule has 2 atom stereocenters. The van der Waals surface area contributed by atoms with Crippen LogP contribution in [0.1, 0.15) is 54.8 Å². The largest absolute Gasteiger partial charge is 0.387 e. The second-order valence-corrected chi connectivity index (χ2v) is 5.61. The zero-order chi connectivity index (χ0) is 11.8. The van der Waals surface area contributed by atoms with Crippen molar-refractivity contribution in [2.24, 2.45) is 0 Å². The summed E-state index contributed by atoms with van der Waals surface area (Å²) in [5.74, 6) is 0. The van der Waals surface area contributed by atoms with Gasteiger partial charge in [-0.15, -0.1) is 11.3 Å². The minimum absolute atomic E-state index is 0.304. The molecule has 90 valence electrons. The molecule has 1 aliphatic rings. The Labute approximate surface area is 100 Å². The van der Waals surface area contributed by atoms with Crippen molar-refractivity contribution in [3.05, 3.63) is 15.6 Å². The molecule has 0 spiro atoms. The van der Waals surface area contributed by atoms with E-state index in [0.29, 0.717) is 0 Å². The molecular weight excluding hydrogens is 222 g/mol. The van der Waals surface area contributed by atoms with Gasteiger partial charge in [-0.3, -0.25) is 0 Å². The summed E-state index contributed by atoms with van der Waals surface area (Å²) in [4.78, 5) is 5.83. The molecule has 0 bridgehead atoms. The maximum absolute atomic E-state index is 9.89. The highest BCUT2D eigenvalue weighted by Crippen LogP contribution is 2.38. The molecule has 1 aromatic heterocycles. The molecule has 0 radical (unpaired) electrons. The Morgan fingerprint density at radius 1 is 1.62 bits per heavy atom. The van der Waals surface area contributed by atoms with Crippen molar-refractivity contribution in [1.29, 1.82) is 0 Å². The molecule has 0 saturated heterocycles. The molecule has 3 nitrogen and oxygen atoms in total. The summed E-state index contributed by atoms with van der Waals surface area (Å²) in [5.41, 5.74) is 0.588. The van der Waals surface area contributed by atoms with E-state index in [9.17, 15) is 5.11 Å². The van der Waals surface area contributed by atoms with Gasteiger partial charge in [0, 0.05) is 12.0 Å². The van der Waals surface area contributed by atoms with E-state index in [1.165, 1.54) is 4.88 Å². The number of hydrogen-bond acceptors (Lipinski definition) is 4. The van der Waals surface area contributed by atoms with Crippen LogP contribution in [0.25, 0.3) is 0 Å². The number of aliphatic hydroxyl groups is 1. The number of methoxy groups -OCH3 is 1. The third kappa shape index (κ3) is 1.90. The Balaban J connectivity index is 2.37. The van der Waals surface area contributed by atoms with Crippen LogP contribution >= 0.6 is 11.3 Å². The van der Waals surface area contributed by atoms with Crippen LogP contribution in [0.2, 0.25) is 0 Å². The highest BCUT2D eigenvalue weighted by Gasteiger charge is 2.31. The van der Waals surface area contributed by atoms with Gasteiger partial charge < -0.3 is 9.84 Å². The Kier molecular flexibility index (Phi) is 3.33. The predicted octanol–water partition coefficient (Wildman–Crippen LogP) is 2.78. The highest BCUT2D eigenvalue weighted by atomic mass is 32.1. The van der Waals surface area contributed by atoms with Gasteiger partial charge in [-0.1, -0.05) is 6.92 Å². The Morgan fingerprint density at radius 2 is 2.38 bits per heavy atom. The summed E-state index contributed by atoms with van der Waals surface area (Å²) >= 11 is 1.70. The fourth-order valence-corrected chi connectivity index (χ4v) is 3.36. The summed E-state index contributed by atoms with van der Waals surface area (Å²) in [6, 6.07) is 0. The lowest BCUT2D eigenvalue weighted by atomic mass is 10.00. The Hall–Kier alpha value is -0.450. The summed E-state index contributed by atoms with van der Waals surface area (Å²) in [5, 5.41) is 10.9. The molecular formula is C12H19NO2S. The first-order valence-corrected chi connectivity index (χ1v) is 6.65. The first-order valence-electron chi connectivity index (χ1n) is 5.84. The molecule has 16 heavy (non-hydrogen) atoms. The maximum atomic E-state index is 9.89. The van der Waals surface area contributed by atoms with Gasteiger partial charge in [0.1, 0.15) is 10.6 Å². The molecule has 1 N–H and O–H groups in total. The number of fused-ring (bicyclic) bond motifs is 1. The average molecular weight is 241 g/mol. The van der Waals surface area contributed by atoms with Crippen LogP contribution < -0.4 is 0 Å². The molecule has 0 fully saturated rings. The van der Waals surface area contributed by atoms with E-state index in [1.54, 1.807) is 18.4 Å². The SMILES string of the molecule is CCC(C)(OC)c1nc2c(s1)CCCC2O. The van der Waals surface area contributed by atoms with Crippen LogP contribution in [0.4, 0.5) is 0 Å². The van der Waals surface area contributed by atoms with Crippen molar-refractivity contribution in [3.8, 4) is 0 Å². The van der Waals surface area contributed by atoms with Gasteiger partial charge in [0.05, 0.1) is 11.8 Å². The van der Waals surface area contributed by atoms with Crippen molar-refractivity contribution in [2.45, 2.75) is 51.2 Å². The van der Waals surface area contributed by atoms with Gasteiger partial charge in [0.15, 0.2) is 0 Å². The lowest BCUT2D eigenvalue weighted by Gasteiger charge is -2.23. The second-order valence-electron chi connectivity index (χ2n) is 4.52. The van der Waals surface area contributed by atoms with E-state index in [0.717, 1.165) is 36.4 Å². The van der Waals surface area contributed by atoms with Crippen LogP contribution in [0.3, 0.4) is 0 Å². The van der Waals surface area contributed by atoms with Gasteiger partial charge in [0.2, 0.25) is 0 Å². The Bertz CT molecular complexity index is 371. The van der Waals surface area contributed by atoms with Crippen molar-refractivity contribution in [2.75, 3.05) is 7.11 Å². The standard InChI is InChI=1S/C12H19NO2S/c1-4-12(2,15-3)11-13-10-8(14)6-5-7-9(10)16-11/h8,14H,4-7H2,1-3H3. The number of hydrogen-bond donors (Lipinski definition) is 1. The van der Waals surface area contributed by atoms with Crippen LogP contribution in [0.5, 0.6) is 0 Å². The van der Waals surface area contributed by atoms with Crippen molar-refractivity contribution >= 4 is 11.3 Å². The summed E-state index contributed by atoms with van der Waals surface area (Å²) in [6.45, 7) is 4.16. The molecule has 0 amide bonds. The van der Waals surface area contributed by atoms with Crippen LogP contribution in [-0.2, 0) is 16.8 Å². The minimum atomic E-state index is -0.369. The minimum Gasteiger partial charge on any atom is -0.387 e. The maximum Gasteiger partial charge on any atom is 0.125 e. The molecule has 4 heteroatoms. The second kappa shape index (κ2) is 4.43. The van der Waals surface area contributed by atoms with Crippen molar-refractivity contribution in [3.63, 3.8) is 0 Å². The zero-order valence-corrected chi connectivity index (χ0v) is 10.9. The lowest BCUT2D eigenvalue weighted by molar-refractivity contribution is -0.00195. The van der Waals surface area contributed by atoms with E-state index >= 15 is 0 Å². The number of aryl methyl sites for hydroxylation is 1. The number of aromatic nitrogens is 1. The number of rotatable bonds is 3. The van der Waals surface area contributed by atoms with Crippen LogP contribution in [-0.4, -0.2) is 17.2 Å². The van der Waals surface area contributed by atoms with Crippen LogP contribution in [0, 0.1) is 0 Å². The van der Waals surface area contributed by atoms with Gasteiger partial charge >= 0.3 is 0 Å². The van der Waals surface area contributed by atoms with E-state index in [2.05, 4.69) is 18.8 Å². The van der Waals surface area contributed by atoms with E-state index in [-0.39, 0.29) is 11.7 Å². The smallest absolute Gasteiger partial charge is 0.125 e. The zero-order valence-electron chi connectivity index (χ0n) is 10.1. The molecule has 2 unspecified atom stereocenters. The summed E-state index contributed by atoms with van der Waals surface area (Å²) in [7, 11) is 1.72. The fourth-order valence-electron chi connectivity index (χ4n) is 2.00. The van der Waals surface area contributed by atoms with E-state index in [1.807, 2.05) is 0 Å². The monoisotopic (exact) mass is 241 g/mol. The summed E-state index contributed by atoms with van der Waals surface area (Å²) < 4.78 is 5.55. The third-order valence-electron chi connectivity index (χ3n) is 3.50. The lowest BCUT2D eigenvalue weighted by Crippen LogP contribution is -2.23. The first kappa shape index (κ1) is 12.0. The molecule has 0 aliphatic heterocycles. The number of thiazole rings is 1. The highest BCUT2D eigenvalue weighted by molar-refractivity contribution is 7.11. The average Bonchev–Trinajstić information content (AvgIpc) is 2.74. The number of ether oxygens (including phenoxy) is 1. The van der Waals surface area contributed by atoms with Gasteiger partial charge in [-0.25, -0.2) is 4.98 Å². The molecule has 0 aromatic carbocycles. The number of nitrogens with zero attached hydrogens (tertiary/aromatic N) is 1. The molecule has 2 rings (SSSR count). The topological polar surface area (TPSA) is 42.4 Å². The Morgan fingerprint density at radius 3 is 2.94 bits per heavy atom. The van der Waals surface area contributed by atoms with E-state index < -0.39 is 0 Å². The fraction of sp³-hybridized carbons (Fsp3) is 0.750. The molecule has 1 heterocycles. The van der Waals surface area contributed by atoms with Crippen molar-refractivity contribution in [1.82, 2.24) is 4.98 Å². The van der Waals surface area contributed by atoms with E-state index in [4.69, 9.17) is 4.74 Å². The number of aliphatic hydroxyl groups excluding tert-OH is 1. The van der Waals surface area contributed by atoms with Gasteiger partial charge in [-0.05, 0) is 32.6 Å². The van der Waals surface area contributed by atoms with Gasteiger partial charge in [0.25, 0.3) is 0 Å².